The van der Waals surface area contributed by atoms with E-state index in [1.54, 1.807) is 11.6 Å². The lowest BCUT2D eigenvalue weighted by Crippen LogP contribution is -2.54. The van der Waals surface area contributed by atoms with E-state index in [9.17, 15) is 5.11 Å². The molecular formula is C22H34O. The molecule has 6 atom stereocenters. The minimum absolute atomic E-state index is 0.0252. The van der Waals surface area contributed by atoms with Crippen molar-refractivity contribution < 1.29 is 5.11 Å². The minimum atomic E-state index is -0.390. The number of hydrogen-bond donors (Lipinski definition) is 1. The molecule has 0 spiro atoms. The maximum Gasteiger partial charge on any atom is 0.0774 e. The van der Waals surface area contributed by atoms with Crippen molar-refractivity contribution in [3.05, 3.63) is 37.0 Å². The summed E-state index contributed by atoms with van der Waals surface area (Å²) in [6.45, 7) is 15.2. The van der Waals surface area contributed by atoms with Gasteiger partial charge < -0.3 is 5.11 Å². The van der Waals surface area contributed by atoms with Crippen LogP contribution in [-0.4, -0.2) is 11.2 Å². The minimum Gasteiger partial charge on any atom is -0.388 e. The lowest BCUT2D eigenvalue weighted by molar-refractivity contribution is -0.0861. The van der Waals surface area contributed by atoms with E-state index in [1.165, 1.54) is 38.5 Å². The van der Waals surface area contributed by atoms with Crippen molar-refractivity contribution in [1.82, 2.24) is 0 Å². The second-order valence-electron chi connectivity index (χ2n) is 9.05. The zero-order chi connectivity index (χ0) is 16.9. The third-order valence-electron chi connectivity index (χ3n) is 7.96. The summed E-state index contributed by atoms with van der Waals surface area (Å²) in [6, 6.07) is 0. The topological polar surface area (TPSA) is 20.2 Å². The van der Waals surface area contributed by atoms with E-state index in [0.29, 0.717) is 11.8 Å². The summed E-state index contributed by atoms with van der Waals surface area (Å²) in [5.74, 6) is 1.21. The standard InChI is InChI=1S/C22H34O/c1-6-19(23)22(5)15-9-14-21(4)17-10-8-13-20(3,7-2)16(17)11-12-18(21)22/h6-7,10,16,18-19,23H,1-2,8-9,11-15H2,3-5H3/t16-,18+,19?,20+,21+,22-/m1/s1. The Morgan fingerprint density at radius 1 is 1.17 bits per heavy atom. The van der Waals surface area contributed by atoms with Crippen LogP contribution in [0.4, 0.5) is 0 Å². The second kappa shape index (κ2) is 5.62. The molecule has 0 radical (unpaired) electrons. The van der Waals surface area contributed by atoms with Gasteiger partial charge in [0.1, 0.15) is 0 Å². The first-order chi connectivity index (χ1) is 10.8. The van der Waals surface area contributed by atoms with Gasteiger partial charge in [-0.2, -0.15) is 0 Å². The van der Waals surface area contributed by atoms with E-state index < -0.39 is 6.10 Å². The van der Waals surface area contributed by atoms with Crippen molar-refractivity contribution >= 4 is 0 Å². The Morgan fingerprint density at radius 3 is 2.57 bits per heavy atom. The molecule has 0 amide bonds. The molecule has 0 aromatic carbocycles. The van der Waals surface area contributed by atoms with Crippen molar-refractivity contribution in [2.75, 3.05) is 0 Å². The fourth-order valence-corrected chi connectivity index (χ4v) is 6.43. The van der Waals surface area contributed by atoms with Crippen LogP contribution in [0.1, 0.15) is 65.7 Å². The summed E-state index contributed by atoms with van der Waals surface area (Å²) in [4.78, 5) is 0. The second-order valence-corrected chi connectivity index (χ2v) is 9.05. The Hall–Kier alpha value is -0.820. The quantitative estimate of drug-likeness (QED) is 0.666. The monoisotopic (exact) mass is 314 g/mol. The molecular weight excluding hydrogens is 280 g/mol. The van der Waals surface area contributed by atoms with Crippen LogP contribution in [0.15, 0.2) is 37.0 Å². The zero-order valence-corrected chi connectivity index (χ0v) is 15.3. The molecule has 0 saturated heterocycles. The van der Waals surface area contributed by atoms with Gasteiger partial charge in [-0.15, -0.1) is 13.2 Å². The van der Waals surface area contributed by atoms with Gasteiger partial charge in [-0.05, 0) is 61.2 Å². The third-order valence-corrected chi connectivity index (χ3v) is 7.96. The van der Waals surface area contributed by atoms with Crippen LogP contribution in [0.3, 0.4) is 0 Å². The van der Waals surface area contributed by atoms with Gasteiger partial charge >= 0.3 is 0 Å². The Labute approximate surface area is 142 Å². The highest BCUT2D eigenvalue weighted by Crippen LogP contribution is 2.65. The van der Waals surface area contributed by atoms with Gasteiger partial charge in [0.15, 0.2) is 0 Å². The highest BCUT2D eigenvalue weighted by Gasteiger charge is 2.57. The number of aliphatic hydroxyl groups excluding tert-OH is 1. The van der Waals surface area contributed by atoms with Gasteiger partial charge in [-0.3, -0.25) is 0 Å². The Bertz CT molecular complexity index is 532. The molecule has 1 unspecified atom stereocenters. The molecule has 3 rings (SSSR count). The first kappa shape index (κ1) is 17.0. The molecule has 2 fully saturated rings. The van der Waals surface area contributed by atoms with Gasteiger partial charge in [-0.25, -0.2) is 0 Å². The first-order valence-electron chi connectivity index (χ1n) is 9.46. The lowest BCUT2D eigenvalue weighted by atomic mass is 9.43. The largest absolute Gasteiger partial charge is 0.388 e. The van der Waals surface area contributed by atoms with E-state index in [0.717, 1.165) is 6.42 Å². The first-order valence-corrected chi connectivity index (χ1v) is 9.46. The van der Waals surface area contributed by atoms with E-state index in [4.69, 9.17) is 0 Å². The lowest BCUT2D eigenvalue weighted by Gasteiger charge is -2.61. The number of aliphatic hydroxyl groups is 1. The van der Waals surface area contributed by atoms with Crippen LogP contribution < -0.4 is 0 Å². The maximum atomic E-state index is 10.7. The van der Waals surface area contributed by atoms with Gasteiger partial charge in [0.2, 0.25) is 0 Å². The molecule has 2 saturated carbocycles. The summed E-state index contributed by atoms with van der Waals surface area (Å²) < 4.78 is 0. The van der Waals surface area contributed by atoms with E-state index in [2.05, 4.69) is 46.1 Å². The fourth-order valence-electron chi connectivity index (χ4n) is 6.43. The summed E-state index contributed by atoms with van der Waals surface area (Å²) in [6.07, 6.45) is 14.6. The van der Waals surface area contributed by atoms with Crippen LogP contribution in [0.2, 0.25) is 0 Å². The van der Waals surface area contributed by atoms with Crippen LogP contribution >= 0.6 is 0 Å². The third kappa shape index (κ3) is 2.30. The number of fused-ring (bicyclic) bond motifs is 3. The number of rotatable bonds is 3. The van der Waals surface area contributed by atoms with Crippen LogP contribution in [0.5, 0.6) is 0 Å². The Morgan fingerprint density at radius 2 is 1.91 bits per heavy atom. The molecule has 0 heterocycles. The van der Waals surface area contributed by atoms with Crippen molar-refractivity contribution in [3.8, 4) is 0 Å². The maximum absolute atomic E-state index is 10.7. The SMILES string of the molecule is C=CC(O)[C@]1(C)CCC[C@@]2(C)C3=CCC[C@](C)(C=C)[C@@H]3CC[C@@H]21. The van der Waals surface area contributed by atoms with Crippen molar-refractivity contribution in [2.45, 2.75) is 71.8 Å². The highest BCUT2D eigenvalue weighted by molar-refractivity contribution is 5.30. The van der Waals surface area contributed by atoms with Crippen molar-refractivity contribution in [3.63, 3.8) is 0 Å². The predicted molar refractivity (Wildman–Crippen MR) is 98.1 cm³/mol. The molecule has 0 bridgehead atoms. The van der Waals surface area contributed by atoms with Crippen molar-refractivity contribution in [2.24, 2.45) is 28.1 Å². The number of hydrogen-bond acceptors (Lipinski definition) is 1. The summed E-state index contributed by atoms with van der Waals surface area (Å²) in [5.41, 5.74) is 2.15. The molecule has 3 aliphatic carbocycles. The van der Waals surface area contributed by atoms with Crippen LogP contribution in [0, 0.1) is 28.1 Å². The molecule has 128 valence electrons. The molecule has 1 nitrogen and oxygen atoms in total. The molecule has 0 aromatic rings. The summed E-state index contributed by atoms with van der Waals surface area (Å²) in [5, 5.41) is 10.7. The zero-order valence-electron chi connectivity index (χ0n) is 15.3. The summed E-state index contributed by atoms with van der Waals surface area (Å²) in [7, 11) is 0. The molecule has 3 aliphatic rings. The molecule has 0 aromatic heterocycles. The van der Waals surface area contributed by atoms with Crippen LogP contribution in [0.25, 0.3) is 0 Å². The molecule has 0 aliphatic heterocycles. The van der Waals surface area contributed by atoms with E-state index in [-0.39, 0.29) is 16.2 Å². The smallest absolute Gasteiger partial charge is 0.0774 e. The predicted octanol–water partition coefficient (Wildman–Crippen LogP) is 5.67. The van der Waals surface area contributed by atoms with Crippen LogP contribution in [-0.2, 0) is 0 Å². The molecule has 1 heteroatoms. The Balaban J connectivity index is 2.03. The summed E-state index contributed by atoms with van der Waals surface area (Å²) >= 11 is 0. The molecule has 1 N–H and O–H groups in total. The average molecular weight is 315 g/mol. The highest BCUT2D eigenvalue weighted by atomic mass is 16.3. The van der Waals surface area contributed by atoms with Gasteiger partial charge in [0, 0.05) is 5.41 Å². The molecule has 23 heavy (non-hydrogen) atoms. The fraction of sp³-hybridized carbons (Fsp3) is 0.727. The van der Waals surface area contributed by atoms with Gasteiger partial charge in [0.25, 0.3) is 0 Å². The normalized spacial score (nSPS) is 47.7. The Kier molecular flexibility index (Phi) is 4.16. The average Bonchev–Trinajstić information content (AvgIpc) is 2.54. The van der Waals surface area contributed by atoms with Gasteiger partial charge in [0.05, 0.1) is 6.10 Å². The van der Waals surface area contributed by atoms with Gasteiger partial charge in [-0.1, -0.05) is 51.0 Å². The van der Waals surface area contributed by atoms with E-state index >= 15 is 0 Å². The van der Waals surface area contributed by atoms with E-state index in [1.807, 2.05) is 0 Å². The number of allylic oxidation sites excluding steroid dienone is 3. The van der Waals surface area contributed by atoms with Crippen molar-refractivity contribution in [1.29, 1.82) is 0 Å².